The highest BCUT2D eigenvalue weighted by atomic mass is 16.5. The Labute approximate surface area is 132 Å². The number of H-pyrrole nitrogens is 1. The Hall–Kier alpha value is -2.38. The van der Waals surface area contributed by atoms with Crippen LogP contribution in [0.5, 0.6) is 5.75 Å². The molecule has 7 heteroatoms. The first-order chi connectivity index (χ1) is 11.1. The predicted molar refractivity (Wildman–Crippen MR) is 83.8 cm³/mol. The minimum absolute atomic E-state index is 0.0106. The summed E-state index contributed by atoms with van der Waals surface area (Å²) in [6.45, 7) is 0.691. The number of carbonyl (C=O) groups excluding carboxylic acids is 1. The number of pyridine rings is 1. The Morgan fingerprint density at radius 3 is 3.04 bits per heavy atom. The van der Waals surface area contributed by atoms with E-state index in [-0.39, 0.29) is 17.6 Å². The fourth-order valence-electron chi connectivity index (χ4n) is 2.60. The molecular formula is C16H18N2O5. The van der Waals surface area contributed by atoms with Crippen LogP contribution in [-0.2, 0) is 4.74 Å². The van der Waals surface area contributed by atoms with Crippen LogP contribution in [0.15, 0.2) is 29.2 Å². The monoisotopic (exact) mass is 318 g/mol. The summed E-state index contributed by atoms with van der Waals surface area (Å²) in [5.74, 6) is 0.00202. The number of amides is 1. The number of aliphatic hydroxyl groups is 1. The van der Waals surface area contributed by atoms with E-state index in [2.05, 4.69) is 10.3 Å². The van der Waals surface area contributed by atoms with Crippen LogP contribution in [0.25, 0.3) is 10.9 Å². The van der Waals surface area contributed by atoms with Crippen molar-refractivity contribution in [3.63, 3.8) is 0 Å². The van der Waals surface area contributed by atoms with E-state index in [1.807, 2.05) is 0 Å². The van der Waals surface area contributed by atoms with Crippen LogP contribution in [0.2, 0.25) is 0 Å². The molecule has 23 heavy (non-hydrogen) atoms. The van der Waals surface area contributed by atoms with E-state index < -0.39 is 18.1 Å². The van der Waals surface area contributed by atoms with Gasteiger partial charge in [0.15, 0.2) is 0 Å². The molecule has 0 aliphatic carbocycles. The van der Waals surface area contributed by atoms with E-state index in [9.17, 15) is 14.7 Å². The molecular weight excluding hydrogens is 300 g/mol. The number of aliphatic hydroxyl groups excluding tert-OH is 1. The fourth-order valence-corrected chi connectivity index (χ4v) is 2.60. The lowest BCUT2D eigenvalue weighted by atomic mass is 10.1. The number of methoxy groups -OCH3 is 1. The SMILES string of the molecule is COc1ccc2[nH]cc(C(=O)N[C@@H]3COCC[C@H]3O)c(=O)c2c1. The Morgan fingerprint density at radius 2 is 2.30 bits per heavy atom. The zero-order chi connectivity index (χ0) is 16.4. The van der Waals surface area contributed by atoms with E-state index in [1.54, 1.807) is 18.2 Å². The quantitative estimate of drug-likeness (QED) is 0.761. The van der Waals surface area contributed by atoms with Crippen molar-refractivity contribution < 1.29 is 19.4 Å². The van der Waals surface area contributed by atoms with Gasteiger partial charge in [-0.1, -0.05) is 0 Å². The molecule has 3 N–H and O–H groups in total. The van der Waals surface area contributed by atoms with Crippen LogP contribution in [-0.4, -0.2) is 48.5 Å². The third-order valence-corrected chi connectivity index (χ3v) is 3.97. The molecule has 2 aromatic rings. The van der Waals surface area contributed by atoms with Crippen molar-refractivity contribution in [1.82, 2.24) is 10.3 Å². The summed E-state index contributed by atoms with van der Waals surface area (Å²) in [5, 5.41) is 12.9. The van der Waals surface area contributed by atoms with Gasteiger partial charge in [-0.2, -0.15) is 0 Å². The molecule has 1 aliphatic heterocycles. The molecule has 122 valence electrons. The average molecular weight is 318 g/mol. The minimum atomic E-state index is -0.674. The van der Waals surface area contributed by atoms with Gasteiger partial charge >= 0.3 is 0 Å². The second-order valence-electron chi connectivity index (χ2n) is 5.45. The molecule has 1 aliphatic rings. The first-order valence-electron chi connectivity index (χ1n) is 7.36. The zero-order valence-electron chi connectivity index (χ0n) is 12.7. The highest BCUT2D eigenvalue weighted by Crippen LogP contribution is 2.17. The fraction of sp³-hybridized carbons (Fsp3) is 0.375. The number of nitrogens with one attached hydrogen (secondary N) is 2. The third-order valence-electron chi connectivity index (χ3n) is 3.97. The molecule has 1 aromatic heterocycles. The standard InChI is InChI=1S/C16H18N2O5/c1-22-9-2-3-12-10(6-9)15(20)11(7-17-12)16(21)18-13-8-23-5-4-14(13)19/h2-3,6-7,13-14,19H,4-5,8H2,1H3,(H,17,20)(H,18,21)/t13-,14-/m1/s1. The summed E-state index contributed by atoms with van der Waals surface area (Å²) >= 11 is 0. The number of aromatic nitrogens is 1. The van der Waals surface area contributed by atoms with Crippen molar-refractivity contribution in [2.45, 2.75) is 18.6 Å². The van der Waals surface area contributed by atoms with Crippen molar-refractivity contribution in [3.05, 3.63) is 40.2 Å². The first-order valence-corrected chi connectivity index (χ1v) is 7.36. The molecule has 0 saturated carbocycles. The number of fused-ring (bicyclic) bond motifs is 1. The Morgan fingerprint density at radius 1 is 1.48 bits per heavy atom. The van der Waals surface area contributed by atoms with Crippen LogP contribution in [0.4, 0.5) is 0 Å². The van der Waals surface area contributed by atoms with E-state index in [1.165, 1.54) is 13.3 Å². The van der Waals surface area contributed by atoms with Crippen molar-refractivity contribution in [2.24, 2.45) is 0 Å². The van der Waals surface area contributed by atoms with E-state index in [0.29, 0.717) is 29.7 Å². The Balaban J connectivity index is 1.91. The van der Waals surface area contributed by atoms with Gasteiger partial charge in [0.25, 0.3) is 5.91 Å². The summed E-state index contributed by atoms with van der Waals surface area (Å²) in [4.78, 5) is 27.8. The number of carbonyl (C=O) groups is 1. The molecule has 0 spiro atoms. The maximum absolute atomic E-state index is 12.5. The lowest BCUT2D eigenvalue weighted by Gasteiger charge is -2.28. The van der Waals surface area contributed by atoms with Gasteiger partial charge in [0.1, 0.15) is 11.3 Å². The van der Waals surface area contributed by atoms with Crippen LogP contribution in [0.1, 0.15) is 16.8 Å². The maximum atomic E-state index is 12.5. The first kappa shape index (κ1) is 15.5. The average Bonchev–Trinajstić information content (AvgIpc) is 2.57. The van der Waals surface area contributed by atoms with Gasteiger partial charge in [-0.3, -0.25) is 9.59 Å². The number of rotatable bonds is 3. The minimum Gasteiger partial charge on any atom is -0.497 e. The van der Waals surface area contributed by atoms with Crippen molar-refractivity contribution >= 4 is 16.8 Å². The van der Waals surface area contributed by atoms with Gasteiger partial charge in [0, 0.05) is 23.7 Å². The van der Waals surface area contributed by atoms with Crippen molar-refractivity contribution in [1.29, 1.82) is 0 Å². The molecule has 7 nitrogen and oxygen atoms in total. The third kappa shape index (κ3) is 3.06. The van der Waals surface area contributed by atoms with Gasteiger partial charge in [-0.15, -0.1) is 0 Å². The lowest BCUT2D eigenvalue weighted by molar-refractivity contribution is -0.0140. The molecule has 1 fully saturated rings. The number of benzene rings is 1. The number of aromatic amines is 1. The Kier molecular flexibility index (Phi) is 4.31. The molecule has 2 atom stereocenters. The van der Waals surface area contributed by atoms with E-state index in [4.69, 9.17) is 9.47 Å². The molecule has 2 heterocycles. The smallest absolute Gasteiger partial charge is 0.257 e. The summed E-state index contributed by atoms with van der Waals surface area (Å²) in [7, 11) is 1.51. The van der Waals surface area contributed by atoms with Crippen molar-refractivity contribution in [3.8, 4) is 5.75 Å². The van der Waals surface area contributed by atoms with Gasteiger partial charge < -0.3 is 24.9 Å². The van der Waals surface area contributed by atoms with Crippen LogP contribution in [0.3, 0.4) is 0 Å². The van der Waals surface area contributed by atoms with Gasteiger partial charge in [-0.25, -0.2) is 0 Å². The van der Waals surface area contributed by atoms with Crippen molar-refractivity contribution in [2.75, 3.05) is 20.3 Å². The highest BCUT2D eigenvalue weighted by molar-refractivity contribution is 5.97. The van der Waals surface area contributed by atoms with Crippen LogP contribution >= 0.6 is 0 Å². The number of ether oxygens (including phenoxy) is 2. The van der Waals surface area contributed by atoms with Crippen LogP contribution in [0, 0.1) is 0 Å². The topological polar surface area (TPSA) is 101 Å². The van der Waals surface area contributed by atoms with Gasteiger partial charge in [-0.05, 0) is 24.6 Å². The largest absolute Gasteiger partial charge is 0.497 e. The summed E-state index contributed by atoms with van der Waals surface area (Å²) in [6, 6.07) is 4.52. The summed E-state index contributed by atoms with van der Waals surface area (Å²) in [6.07, 6.45) is 1.16. The number of hydrogen-bond acceptors (Lipinski definition) is 5. The molecule has 3 rings (SSSR count). The molecule has 0 bridgehead atoms. The molecule has 0 unspecified atom stereocenters. The normalized spacial score (nSPS) is 21.1. The predicted octanol–water partition coefficient (Wildman–Crippen LogP) is 0.416. The summed E-state index contributed by atoms with van der Waals surface area (Å²) in [5.41, 5.74) is 0.221. The molecule has 0 radical (unpaired) electrons. The number of hydrogen-bond donors (Lipinski definition) is 3. The lowest BCUT2D eigenvalue weighted by Crippen LogP contribution is -2.50. The van der Waals surface area contributed by atoms with Gasteiger partial charge in [0.2, 0.25) is 5.43 Å². The zero-order valence-corrected chi connectivity index (χ0v) is 12.7. The van der Waals surface area contributed by atoms with Crippen LogP contribution < -0.4 is 15.5 Å². The highest BCUT2D eigenvalue weighted by Gasteiger charge is 2.26. The molecule has 1 aromatic carbocycles. The maximum Gasteiger partial charge on any atom is 0.257 e. The molecule has 1 amide bonds. The van der Waals surface area contributed by atoms with Gasteiger partial charge in [0.05, 0.1) is 25.9 Å². The second-order valence-corrected chi connectivity index (χ2v) is 5.45. The second kappa shape index (κ2) is 6.39. The molecule has 1 saturated heterocycles. The Bertz CT molecular complexity index is 786. The summed E-state index contributed by atoms with van der Waals surface area (Å²) < 4.78 is 10.4. The van der Waals surface area contributed by atoms with E-state index in [0.717, 1.165) is 0 Å². The van der Waals surface area contributed by atoms with E-state index >= 15 is 0 Å².